The van der Waals surface area contributed by atoms with Gasteiger partial charge in [-0.05, 0) is 18.2 Å². The topological polar surface area (TPSA) is 38.7 Å². The van der Waals surface area contributed by atoms with Gasteiger partial charge in [-0.15, -0.1) is 0 Å². The summed E-state index contributed by atoms with van der Waals surface area (Å²) >= 11 is 0. The van der Waals surface area contributed by atoms with E-state index in [0.29, 0.717) is 22.6 Å². The maximum absolute atomic E-state index is 13.5. The van der Waals surface area contributed by atoms with Crippen LogP contribution in [0.3, 0.4) is 0 Å². The molecule has 2 aromatic rings. The van der Waals surface area contributed by atoms with Crippen molar-refractivity contribution in [2.24, 2.45) is 0 Å². The SMILES string of the molecule is COc1ccc(CO)c(OCc2ccccc2F)c1. The summed E-state index contributed by atoms with van der Waals surface area (Å²) in [5.74, 6) is 0.807. The molecule has 0 aromatic heterocycles. The fraction of sp³-hybridized carbons (Fsp3) is 0.200. The smallest absolute Gasteiger partial charge is 0.129 e. The van der Waals surface area contributed by atoms with Crippen molar-refractivity contribution >= 4 is 0 Å². The average Bonchev–Trinajstić information content (AvgIpc) is 2.46. The molecule has 0 saturated carbocycles. The zero-order valence-corrected chi connectivity index (χ0v) is 10.6. The first-order chi connectivity index (χ1) is 9.24. The van der Waals surface area contributed by atoms with Crippen LogP contribution in [-0.2, 0) is 13.2 Å². The molecular formula is C15H15FO3. The normalized spacial score (nSPS) is 10.3. The summed E-state index contributed by atoms with van der Waals surface area (Å²) in [7, 11) is 1.55. The van der Waals surface area contributed by atoms with Crippen molar-refractivity contribution in [3.63, 3.8) is 0 Å². The van der Waals surface area contributed by atoms with Crippen LogP contribution in [0.25, 0.3) is 0 Å². The second kappa shape index (κ2) is 6.20. The van der Waals surface area contributed by atoms with Crippen molar-refractivity contribution in [1.29, 1.82) is 0 Å². The van der Waals surface area contributed by atoms with Gasteiger partial charge in [-0.3, -0.25) is 0 Å². The Morgan fingerprint density at radius 1 is 1.11 bits per heavy atom. The Morgan fingerprint density at radius 3 is 2.58 bits per heavy atom. The van der Waals surface area contributed by atoms with E-state index in [1.165, 1.54) is 6.07 Å². The van der Waals surface area contributed by atoms with E-state index >= 15 is 0 Å². The second-order valence-corrected chi connectivity index (χ2v) is 4.01. The van der Waals surface area contributed by atoms with Gasteiger partial charge < -0.3 is 14.6 Å². The van der Waals surface area contributed by atoms with E-state index in [2.05, 4.69) is 0 Å². The zero-order chi connectivity index (χ0) is 13.7. The minimum atomic E-state index is -0.309. The van der Waals surface area contributed by atoms with Gasteiger partial charge in [0.25, 0.3) is 0 Å². The van der Waals surface area contributed by atoms with Crippen molar-refractivity contribution in [2.75, 3.05) is 7.11 Å². The standard InChI is InChI=1S/C15H15FO3/c1-18-13-7-6-11(9-17)15(8-13)19-10-12-4-2-3-5-14(12)16/h2-8,17H,9-10H2,1H3. The minimum Gasteiger partial charge on any atom is -0.497 e. The molecule has 0 radical (unpaired) electrons. The molecule has 2 rings (SSSR count). The average molecular weight is 262 g/mol. The lowest BCUT2D eigenvalue weighted by Crippen LogP contribution is -2.01. The quantitative estimate of drug-likeness (QED) is 0.900. The third kappa shape index (κ3) is 3.23. The number of rotatable bonds is 5. The molecule has 0 amide bonds. The van der Waals surface area contributed by atoms with Gasteiger partial charge in [-0.1, -0.05) is 18.2 Å². The van der Waals surface area contributed by atoms with Crippen molar-refractivity contribution in [3.05, 3.63) is 59.4 Å². The molecular weight excluding hydrogens is 247 g/mol. The van der Waals surface area contributed by atoms with Crippen molar-refractivity contribution < 1.29 is 19.0 Å². The van der Waals surface area contributed by atoms with Gasteiger partial charge in [0.15, 0.2) is 0 Å². The summed E-state index contributed by atoms with van der Waals surface area (Å²) in [6, 6.07) is 11.6. The minimum absolute atomic E-state index is 0.104. The molecule has 4 heteroatoms. The van der Waals surface area contributed by atoms with E-state index in [1.807, 2.05) is 0 Å². The Bertz CT molecular complexity index is 555. The van der Waals surface area contributed by atoms with Crippen molar-refractivity contribution in [2.45, 2.75) is 13.2 Å². The summed E-state index contributed by atoms with van der Waals surface area (Å²) < 4.78 is 24.1. The largest absolute Gasteiger partial charge is 0.497 e. The third-order valence-electron chi connectivity index (χ3n) is 2.79. The van der Waals surface area contributed by atoms with E-state index in [-0.39, 0.29) is 19.0 Å². The molecule has 0 heterocycles. The maximum atomic E-state index is 13.5. The molecule has 1 N–H and O–H groups in total. The highest BCUT2D eigenvalue weighted by atomic mass is 19.1. The first-order valence-corrected chi connectivity index (χ1v) is 5.88. The Kier molecular flexibility index (Phi) is 4.36. The molecule has 0 aliphatic carbocycles. The molecule has 0 unspecified atom stereocenters. The Balaban J connectivity index is 2.16. The highest BCUT2D eigenvalue weighted by Crippen LogP contribution is 2.26. The second-order valence-electron chi connectivity index (χ2n) is 4.01. The number of aliphatic hydroxyl groups excluding tert-OH is 1. The number of halogens is 1. The number of hydrogen-bond acceptors (Lipinski definition) is 3. The molecule has 0 fully saturated rings. The maximum Gasteiger partial charge on any atom is 0.129 e. The summed E-state index contributed by atoms with van der Waals surface area (Å²) in [5, 5.41) is 9.24. The summed E-state index contributed by atoms with van der Waals surface area (Å²) in [5.41, 5.74) is 1.10. The van der Waals surface area contributed by atoms with Crippen molar-refractivity contribution in [1.82, 2.24) is 0 Å². The number of benzene rings is 2. The van der Waals surface area contributed by atoms with Gasteiger partial charge >= 0.3 is 0 Å². The molecule has 0 saturated heterocycles. The lowest BCUT2D eigenvalue weighted by atomic mass is 10.2. The van der Waals surface area contributed by atoms with Gasteiger partial charge in [0, 0.05) is 17.2 Å². The lowest BCUT2D eigenvalue weighted by molar-refractivity contribution is 0.256. The molecule has 0 aliphatic heterocycles. The molecule has 19 heavy (non-hydrogen) atoms. The van der Waals surface area contributed by atoms with Crippen molar-refractivity contribution in [3.8, 4) is 11.5 Å². The summed E-state index contributed by atoms with van der Waals surface area (Å²) in [6.07, 6.45) is 0. The molecule has 2 aromatic carbocycles. The fourth-order valence-corrected chi connectivity index (χ4v) is 1.70. The van der Waals surface area contributed by atoms with E-state index in [1.54, 1.807) is 43.5 Å². The van der Waals surface area contributed by atoms with E-state index < -0.39 is 0 Å². The zero-order valence-electron chi connectivity index (χ0n) is 10.6. The Morgan fingerprint density at radius 2 is 1.89 bits per heavy atom. The van der Waals surface area contributed by atoms with Crippen LogP contribution in [0.1, 0.15) is 11.1 Å². The predicted octanol–water partition coefficient (Wildman–Crippen LogP) is 2.91. The number of ether oxygens (including phenoxy) is 2. The Labute approximate surface area is 111 Å². The first kappa shape index (κ1) is 13.4. The molecule has 0 aliphatic rings. The van der Waals surface area contributed by atoms with Crippen LogP contribution in [-0.4, -0.2) is 12.2 Å². The highest BCUT2D eigenvalue weighted by Gasteiger charge is 2.07. The third-order valence-corrected chi connectivity index (χ3v) is 2.79. The molecule has 3 nitrogen and oxygen atoms in total. The number of hydrogen-bond donors (Lipinski definition) is 1. The van der Waals surface area contributed by atoms with Gasteiger partial charge in [0.1, 0.15) is 23.9 Å². The van der Waals surface area contributed by atoms with Crippen LogP contribution in [0, 0.1) is 5.82 Å². The molecule has 100 valence electrons. The van der Waals surface area contributed by atoms with E-state index in [0.717, 1.165) is 0 Å². The number of aliphatic hydroxyl groups is 1. The summed E-state index contributed by atoms with van der Waals surface area (Å²) in [4.78, 5) is 0. The molecule has 0 spiro atoms. The Hall–Kier alpha value is -2.07. The lowest BCUT2D eigenvalue weighted by Gasteiger charge is -2.12. The monoisotopic (exact) mass is 262 g/mol. The number of methoxy groups -OCH3 is 1. The van der Waals surface area contributed by atoms with Crippen LogP contribution in [0.5, 0.6) is 11.5 Å². The van der Waals surface area contributed by atoms with Crippen LogP contribution >= 0.6 is 0 Å². The summed E-state index contributed by atoms with van der Waals surface area (Å²) in [6.45, 7) is -0.0383. The van der Waals surface area contributed by atoms with E-state index in [9.17, 15) is 9.50 Å². The van der Waals surface area contributed by atoms with Crippen LogP contribution in [0.4, 0.5) is 4.39 Å². The van der Waals surface area contributed by atoms with Gasteiger partial charge in [0.05, 0.1) is 13.7 Å². The molecule has 0 bridgehead atoms. The molecule has 0 atom stereocenters. The predicted molar refractivity (Wildman–Crippen MR) is 69.6 cm³/mol. The van der Waals surface area contributed by atoms with Gasteiger partial charge in [-0.25, -0.2) is 4.39 Å². The van der Waals surface area contributed by atoms with Crippen LogP contribution < -0.4 is 9.47 Å². The van der Waals surface area contributed by atoms with Gasteiger partial charge in [-0.2, -0.15) is 0 Å². The first-order valence-electron chi connectivity index (χ1n) is 5.88. The van der Waals surface area contributed by atoms with Crippen LogP contribution in [0.2, 0.25) is 0 Å². The fourth-order valence-electron chi connectivity index (χ4n) is 1.70. The van der Waals surface area contributed by atoms with Crippen LogP contribution in [0.15, 0.2) is 42.5 Å². The van der Waals surface area contributed by atoms with Gasteiger partial charge in [0.2, 0.25) is 0 Å². The van der Waals surface area contributed by atoms with E-state index in [4.69, 9.17) is 9.47 Å². The highest BCUT2D eigenvalue weighted by molar-refractivity contribution is 5.40.